The molecular weight excluding hydrogens is 789 g/mol. The Hall–Kier alpha value is -6.75. The molecule has 8 rings (SSSR count). The Morgan fingerprint density at radius 1 is 0.935 bits per heavy atom. The number of benzene rings is 3. The van der Waals surface area contributed by atoms with Crippen molar-refractivity contribution < 1.29 is 29.4 Å². The lowest BCUT2D eigenvalue weighted by molar-refractivity contribution is -0.189. The maximum atomic E-state index is 14.7. The standard InChI is InChI=1S/C46H52N10O6/c1-3-18-54-31-42(59)55-39(25-32-12-15-36(58)16-13-32)45(61)53(30-41(55)56(54)46(62)48-26-33-8-5-4-6-9-33)28-34-10-7-11-37-38(29-50(2)43(34)37)44(60)49-35-14-17-40(47-27-35)52-21-19-51(20-22-52)23-24-57/h3-17,27,29,39,41,57-58H,1,18-26,28,30-31H2,2H3,(H,48,62)(H,49,60). The predicted octanol–water partition coefficient (Wildman–Crippen LogP) is 3.38. The average molecular weight is 841 g/mol. The summed E-state index contributed by atoms with van der Waals surface area (Å²) in [7, 11) is 1.86. The Kier molecular flexibility index (Phi) is 12.5. The van der Waals surface area contributed by atoms with Gasteiger partial charge in [0.15, 0.2) is 0 Å². The van der Waals surface area contributed by atoms with Gasteiger partial charge in [0.05, 0.1) is 42.7 Å². The molecule has 0 saturated carbocycles. The molecular formula is C46H52N10O6. The van der Waals surface area contributed by atoms with E-state index in [2.05, 4.69) is 32.0 Å². The third-order valence-electron chi connectivity index (χ3n) is 11.8. The molecule has 2 aromatic heterocycles. The van der Waals surface area contributed by atoms with E-state index in [4.69, 9.17) is 0 Å². The van der Waals surface area contributed by atoms with Gasteiger partial charge in [-0.1, -0.05) is 66.7 Å². The first kappa shape index (κ1) is 42.0. The van der Waals surface area contributed by atoms with Crippen molar-refractivity contribution in [2.24, 2.45) is 7.05 Å². The van der Waals surface area contributed by atoms with E-state index in [9.17, 15) is 29.4 Å². The van der Waals surface area contributed by atoms with E-state index < -0.39 is 18.2 Å². The van der Waals surface area contributed by atoms with Crippen LogP contribution in [0.15, 0.2) is 110 Å². The molecule has 0 spiro atoms. The average Bonchev–Trinajstić information content (AvgIpc) is 3.63. The Morgan fingerprint density at radius 2 is 1.71 bits per heavy atom. The number of phenols is 1. The van der Waals surface area contributed by atoms with E-state index in [1.807, 2.05) is 72.3 Å². The van der Waals surface area contributed by atoms with Gasteiger partial charge in [-0.2, -0.15) is 0 Å². The van der Waals surface area contributed by atoms with Crippen molar-refractivity contribution in [3.05, 3.63) is 132 Å². The fraction of sp³-hybridized carbons (Fsp3) is 0.326. The molecule has 16 nitrogen and oxygen atoms in total. The highest BCUT2D eigenvalue weighted by Crippen LogP contribution is 2.32. The van der Waals surface area contributed by atoms with Crippen LogP contribution in [0.5, 0.6) is 5.75 Å². The molecule has 3 aliphatic heterocycles. The Balaban J connectivity index is 1.06. The SMILES string of the molecule is C=CCN1CC(=O)N2C(Cc3ccc(O)cc3)C(=O)N(Cc3cccc4c(C(=O)Nc5ccc(N6CCN(CCO)CC6)nc5)cn(C)c34)CC2N1C(=O)NCc1ccccc1. The molecule has 16 heteroatoms. The molecule has 0 radical (unpaired) electrons. The molecule has 2 unspecified atom stereocenters. The largest absolute Gasteiger partial charge is 0.508 e. The maximum absolute atomic E-state index is 14.7. The van der Waals surface area contributed by atoms with Gasteiger partial charge in [0, 0.05) is 77.4 Å². The fourth-order valence-electron chi connectivity index (χ4n) is 8.81. The second-order valence-corrected chi connectivity index (χ2v) is 15.9. The van der Waals surface area contributed by atoms with Crippen LogP contribution >= 0.6 is 0 Å². The molecule has 5 heterocycles. The number of para-hydroxylation sites is 1. The summed E-state index contributed by atoms with van der Waals surface area (Å²) in [5, 5.41) is 29.2. The number of pyridine rings is 1. The van der Waals surface area contributed by atoms with E-state index in [0.29, 0.717) is 23.2 Å². The van der Waals surface area contributed by atoms with Crippen LogP contribution in [-0.2, 0) is 36.1 Å². The number of amides is 5. The first-order valence-electron chi connectivity index (χ1n) is 20.9. The van der Waals surface area contributed by atoms with Gasteiger partial charge in [-0.15, -0.1) is 6.58 Å². The van der Waals surface area contributed by atoms with Crippen molar-refractivity contribution in [2.75, 3.05) is 69.2 Å². The summed E-state index contributed by atoms with van der Waals surface area (Å²) in [5.74, 6) is 0.0275. The molecule has 62 heavy (non-hydrogen) atoms. The number of nitrogens with zero attached hydrogens (tertiary/aromatic N) is 8. The number of hydrogen-bond donors (Lipinski definition) is 4. The lowest BCUT2D eigenvalue weighted by atomic mass is 9.98. The highest BCUT2D eigenvalue weighted by molar-refractivity contribution is 6.13. The molecule has 2 atom stereocenters. The van der Waals surface area contributed by atoms with Crippen LogP contribution in [0.4, 0.5) is 16.3 Å². The number of aromatic nitrogens is 2. The van der Waals surface area contributed by atoms with E-state index in [1.54, 1.807) is 62.6 Å². The first-order chi connectivity index (χ1) is 30.1. The number of nitrogens with one attached hydrogen (secondary N) is 2. The monoisotopic (exact) mass is 840 g/mol. The molecule has 3 aliphatic rings. The number of hydrogen-bond acceptors (Lipinski definition) is 10. The Labute approximate surface area is 360 Å². The van der Waals surface area contributed by atoms with Gasteiger partial charge in [-0.25, -0.2) is 19.8 Å². The lowest BCUT2D eigenvalue weighted by Crippen LogP contribution is -2.76. The third-order valence-corrected chi connectivity index (χ3v) is 11.8. The topological polar surface area (TPSA) is 170 Å². The molecule has 0 aliphatic carbocycles. The van der Waals surface area contributed by atoms with Crippen molar-refractivity contribution >= 4 is 46.2 Å². The zero-order chi connectivity index (χ0) is 43.3. The van der Waals surface area contributed by atoms with Gasteiger partial charge in [0.2, 0.25) is 11.8 Å². The number of aromatic hydroxyl groups is 1. The number of urea groups is 1. The second kappa shape index (κ2) is 18.5. The van der Waals surface area contributed by atoms with Crippen molar-refractivity contribution in [1.29, 1.82) is 0 Å². The summed E-state index contributed by atoms with van der Waals surface area (Å²) < 4.78 is 1.88. The summed E-state index contributed by atoms with van der Waals surface area (Å²) in [5.41, 5.74) is 4.20. The van der Waals surface area contributed by atoms with Gasteiger partial charge in [-0.3, -0.25) is 19.3 Å². The molecule has 5 aromatic rings. The molecule has 3 saturated heterocycles. The van der Waals surface area contributed by atoms with Crippen LogP contribution in [-0.4, -0.2) is 139 Å². The van der Waals surface area contributed by atoms with Crippen molar-refractivity contribution in [2.45, 2.75) is 31.7 Å². The van der Waals surface area contributed by atoms with Gasteiger partial charge in [0.1, 0.15) is 23.8 Å². The van der Waals surface area contributed by atoms with E-state index in [-0.39, 0.29) is 69.2 Å². The summed E-state index contributed by atoms with van der Waals surface area (Å²) in [6.07, 6.45) is 4.38. The fourth-order valence-corrected chi connectivity index (χ4v) is 8.81. The number of fused-ring (bicyclic) bond motifs is 2. The summed E-state index contributed by atoms with van der Waals surface area (Å²) in [4.78, 5) is 69.2. The highest BCUT2D eigenvalue weighted by atomic mass is 16.3. The van der Waals surface area contributed by atoms with Crippen LogP contribution in [0.3, 0.4) is 0 Å². The number of carbonyl (C=O) groups excluding carboxylic acids is 4. The molecule has 4 N–H and O–H groups in total. The second-order valence-electron chi connectivity index (χ2n) is 15.9. The Morgan fingerprint density at radius 3 is 2.42 bits per heavy atom. The van der Waals surface area contributed by atoms with Crippen molar-refractivity contribution in [1.82, 2.24) is 39.6 Å². The number of aliphatic hydroxyl groups is 1. The minimum Gasteiger partial charge on any atom is -0.508 e. The highest BCUT2D eigenvalue weighted by Gasteiger charge is 2.51. The van der Waals surface area contributed by atoms with Crippen molar-refractivity contribution in [3.63, 3.8) is 0 Å². The van der Waals surface area contributed by atoms with E-state index in [1.165, 1.54) is 0 Å². The summed E-state index contributed by atoms with van der Waals surface area (Å²) in [6.45, 7) is 8.48. The van der Waals surface area contributed by atoms with E-state index in [0.717, 1.165) is 54.2 Å². The number of phenolic OH excluding ortho intramolecular Hbond substituents is 1. The van der Waals surface area contributed by atoms with Gasteiger partial charge >= 0.3 is 6.03 Å². The number of hydrazine groups is 1. The van der Waals surface area contributed by atoms with Crippen molar-refractivity contribution in [3.8, 4) is 5.75 Å². The van der Waals surface area contributed by atoms with Gasteiger partial charge in [-0.05, 0) is 41.0 Å². The zero-order valence-electron chi connectivity index (χ0n) is 34.8. The summed E-state index contributed by atoms with van der Waals surface area (Å²) in [6, 6.07) is 24.1. The minimum atomic E-state index is -0.953. The molecule has 322 valence electrons. The quantitative estimate of drug-likeness (QED) is 0.129. The van der Waals surface area contributed by atoms with Crippen LogP contribution in [0.2, 0.25) is 0 Å². The van der Waals surface area contributed by atoms with Gasteiger partial charge in [0.25, 0.3) is 5.91 Å². The zero-order valence-corrected chi connectivity index (χ0v) is 34.8. The number of aryl methyl sites for hydroxylation is 1. The number of piperazine rings is 2. The lowest BCUT2D eigenvalue weighted by Gasteiger charge is -2.55. The normalized spacial score (nSPS) is 18.5. The number of rotatable bonds is 13. The molecule has 3 aromatic carbocycles. The number of carbonyl (C=O) groups is 4. The summed E-state index contributed by atoms with van der Waals surface area (Å²) >= 11 is 0. The molecule has 0 bridgehead atoms. The Bertz CT molecular complexity index is 2420. The van der Waals surface area contributed by atoms with Crippen LogP contribution < -0.4 is 15.5 Å². The van der Waals surface area contributed by atoms with Crippen LogP contribution in [0, 0.1) is 0 Å². The first-order valence-corrected chi connectivity index (χ1v) is 20.9. The number of β-amino-alcohol motifs (C(OH)–C–C–N with tert-alkyl or cyclic N) is 1. The number of anilines is 2. The predicted molar refractivity (Wildman–Crippen MR) is 235 cm³/mol. The number of aliphatic hydroxyl groups excluding tert-OH is 1. The maximum Gasteiger partial charge on any atom is 0.334 e. The van der Waals surface area contributed by atoms with Crippen LogP contribution in [0.25, 0.3) is 10.9 Å². The smallest absolute Gasteiger partial charge is 0.334 e. The van der Waals surface area contributed by atoms with Gasteiger partial charge < -0.3 is 40.1 Å². The molecule has 3 fully saturated rings. The van der Waals surface area contributed by atoms with E-state index >= 15 is 0 Å². The van der Waals surface area contributed by atoms with Crippen LogP contribution in [0.1, 0.15) is 27.0 Å². The minimum absolute atomic E-state index is 0.0263. The third kappa shape index (κ3) is 8.84. The molecule has 5 amide bonds.